The monoisotopic (exact) mass is 533 g/mol. The van der Waals surface area contributed by atoms with Crippen LogP contribution in [0.15, 0.2) is 29.3 Å². The van der Waals surface area contributed by atoms with Crippen molar-refractivity contribution in [3.8, 4) is 11.4 Å². The maximum absolute atomic E-state index is 12.8. The molecule has 0 saturated carbocycles. The van der Waals surface area contributed by atoms with Gasteiger partial charge in [0.15, 0.2) is 11.0 Å². The molecule has 3 aromatic heterocycles. The van der Waals surface area contributed by atoms with Gasteiger partial charge in [0.05, 0.1) is 22.8 Å². The number of aryl methyl sites for hydroxylation is 1. The van der Waals surface area contributed by atoms with Crippen molar-refractivity contribution in [3.63, 3.8) is 0 Å². The van der Waals surface area contributed by atoms with Crippen LogP contribution in [0.4, 0.5) is 5.00 Å². The molecule has 12 heteroatoms. The van der Waals surface area contributed by atoms with Gasteiger partial charge in [0.1, 0.15) is 5.00 Å². The molecule has 2 amide bonds. The van der Waals surface area contributed by atoms with E-state index in [0.29, 0.717) is 17.3 Å². The number of carbonyl (C=O) groups excluding carboxylic acids is 3. The van der Waals surface area contributed by atoms with Crippen molar-refractivity contribution >= 4 is 57.2 Å². The van der Waals surface area contributed by atoms with Crippen molar-refractivity contribution in [1.29, 1.82) is 0 Å². The number of aromatic nitrogens is 3. The average Bonchev–Trinajstić information content (AvgIpc) is 3.51. The summed E-state index contributed by atoms with van der Waals surface area (Å²) in [5.74, 6) is -0.923. The van der Waals surface area contributed by atoms with Gasteiger partial charge in [0.2, 0.25) is 5.91 Å². The van der Waals surface area contributed by atoms with Gasteiger partial charge in [-0.05, 0) is 31.9 Å². The van der Waals surface area contributed by atoms with Gasteiger partial charge in [-0.2, -0.15) is 0 Å². The van der Waals surface area contributed by atoms with E-state index in [-0.39, 0.29) is 33.7 Å². The van der Waals surface area contributed by atoms with E-state index in [1.807, 2.05) is 4.57 Å². The minimum atomic E-state index is -0.673. The fraction of sp³-hybridized carbons (Fsp3) is 0.348. The number of thioether (sulfide) groups is 1. The maximum Gasteiger partial charge on any atom is 0.341 e. The summed E-state index contributed by atoms with van der Waals surface area (Å²) in [6.07, 6.45) is 3.83. The number of rotatable bonds is 12. The number of nitrogens with two attached hydrogens (primary N) is 1. The van der Waals surface area contributed by atoms with Gasteiger partial charge in [-0.1, -0.05) is 31.2 Å². The number of nitrogens with one attached hydrogen (secondary N) is 1. The topological polar surface area (TPSA) is 129 Å². The Balaban J connectivity index is 1.77. The lowest BCUT2D eigenvalue weighted by molar-refractivity contribution is -0.113. The second-order valence-corrected chi connectivity index (χ2v) is 10.4. The number of primary amides is 1. The van der Waals surface area contributed by atoms with E-state index >= 15 is 0 Å². The first-order valence-electron chi connectivity index (χ1n) is 10.9. The lowest BCUT2D eigenvalue weighted by Crippen LogP contribution is -2.17. The third-order valence-corrected chi connectivity index (χ3v) is 8.06. The van der Waals surface area contributed by atoms with E-state index < -0.39 is 11.9 Å². The summed E-state index contributed by atoms with van der Waals surface area (Å²) in [7, 11) is 0. The summed E-state index contributed by atoms with van der Waals surface area (Å²) in [5.41, 5.74) is 6.94. The Bertz CT molecular complexity index is 1240. The fourth-order valence-corrected chi connectivity index (χ4v) is 6.14. The number of esters is 1. The Hall–Kier alpha value is -2.96. The SMILES string of the molecule is C=CCn1c(SCC(=O)Nc2sc(C(N)=O)c(C)c2C(=O)OCC)nnc1-c1csc(CCC)c1. The molecule has 3 heterocycles. The van der Waals surface area contributed by atoms with Crippen LogP contribution in [0.3, 0.4) is 0 Å². The maximum atomic E-state index is 12.8. The van der Waals surface area contributed by atoms with Crippen molar-refractivity contribution in [3.05, 3.63) is 45.0 Å². The van der Waals surface area contributed by atoms with Crippen molar-refractivity contribution in [1.82, 2.24) is 14.8 Å². The first-order chi connectivity index (χ1) is 16.8. The Kier molecular flexibility index (Phi) is 9.24. The summed E-state index contributed by atoms with van der Waals surface area (Å²) < 4.78 is 7.00. The van der Waals surface area contributed by atoms with Gasteiger partial charge in [-0.25, -0.2) is 4.79 Å². The minimum absolute atomic E-state index is 0.0190. The molecule has 0 aliphatic carbocycles. The van der Waals surface area contributed by atoms with Gasteiger partial charge in [-0.15, -0.1) is 39.4 Å². The van der Waals surface area contributed by atoms with Gasteiger partial charge >= 0.3 is 5.97 Å². The first-order valence-corrected chi connectivity index (χ1v) is 13.6. The molecule has 0 spiro atoms. The van der Waals surface area contributed by atoms with E-state index in [1.165, 1.54) is 16.6 Å². The molecule has 0 saturated heterocycles. The van der Waals surface area contributed by atoms with Gasteiger partial charge in [-0.3, -0.25) is 14.2 Å². The predicted octanol–water partition coefficient (Wildman–Crippen LogP) is 4.52. The highest BCUT2D eigenvalue weighted by Crippen LogP contribution is 2.34. The van der Waals surface area contributed by atoms with Crippen molar-refractivity contribution in [2.45, 2.75) is 45.3 Å². The zero-order chi connectivity index (χ0) is 25.5. The van der Waals surface area contributed by atoms with E-state index in [1.54, 1.807) is 31.3 Å². The quantitative estimate of drug-likeness (QED) is 0.199. The average molecular weight is 534 g/mol. The van der Waals surface area contributed by atoms with Crippen LogP contribution < -0.4 is 11.1 Å². The summed E-state index contributed by atoms with van der Waals surface area (Å²) in [4.78, 5) is 38.4. The molecule has 0 atom stereocenters. The van der Waals surface area contributed by atoms with Crippen LogP contribution in [0.5, 0.6) is 0 Å². The molecule has 35 heavy (non-hydrogen) atoms. The molecule has 9 nitrogen and oxygen atoms in total. The van der Waals surface area contributed by atoms with Crippen molar-refractivity contribution in [2.75, 3.05) is 17.7 Å². The molecule has 3 aromatic rings. The zero-order valence-corrected chi connectivity index (χ0v) is 22.2. The molecule has 0 aliphatic rings. The Morgan fingerprint density at radius 3 is 2.74 bits per heavy atom. The van der Waals surface area contributed by atoms with E-state index in [4.69, 9.17) is 10.5 Å². The highest BCUT2D eigenvalue weighted by molar-refractivity contribution is 7.99. The first kappa shape index (κ1) is 26.6. The second-order valence-electron chi connectivity index (χ2n) is 7.44. The fourth-order valence-electron chi connectivity index (χ4n) is 3.36. The standard InChI is InChI=1S/C23H27N5O4S3/c1-5-8-15-10-14(11-33-15)20-26-27-23(28(20)9-6-2)34-12-16(29)25-21-17(22(31)32-7-3)13(4)18(35-21)19(24)30/h6,10-11H,2,5,7-9,12H2,1,3-4H3,(H2,24,30)(H,25,29). The molecule has 0 bridgehead atoms. The van der Waals surface area contributed by atoms with Crippen LogP contribution in [-0.2, 0) is 22.5 Å². The van der Waals surface area contributed by atoms with Crippen LogP contribution >= 0.6 is 34.4 Å². The van der Waals surface area contributed by atoms with E-state index in [0.717, 1.165) is 35.6 Å². The minimum Gasteiger partial charge on any atom is -0.462 e. The number of allylic oxidation sites excluding steroid dienone is 1. The summed E-state index contributed by atoms with van der Waals surface area (Å²) in [6, 6.07) is 2.12. The predicted molar refractivity (Wildman–Crippen MR) is 140 cm³/mol. The number of nitrogens with zero attached hydrogens (tertiary/aromatic N) is 3. The summed E-state index contributed by atoms with van der Waals surface area (Å²) in [5, 5.41) is 14.2. The molecule has 3 N–H and O–H groups in total. The Labute approximate surface area is 215 Å². The van der Waals surface area contributed by atoms with Crippen molar-refractivity contribution in [2.24, 2.45) is 5.73 Å². The summed E-state index contributed by atoms with van der Waals surface area (Å²) in [6.45, 7) is 9.89. The van der Waals surface area contributed by atoms with Gasteiger partial charge < -0.3 is 15.8 Å². The van der Waals surface area contributed by atoms with Gasteiger partial charge in [0.25, 0.3) is 5.91 Å². The van der Waals surface area contributed by atoms with Crippen LogP contribution in [0.2, 0.25) is 0 Å². The molecule has 0 radical (unpaired) electrons. The molecule has 3 rings (SSSR count). The summed E-state index contributed by atoms with van der Waals surface area (Å²) >= 11 is 3.86. The highest BCUT2D eigenvalue weighted by atomic mass is 32.2. The van der Waals surface area contributed by atoms with Crippen LogP contribution in [-0.4, -0.2) is 44.9 Å². The number of ether oxygens (including phenoxy) is 1. The number of anilines is 1. The number of hydrogen-bond acceptors (Lipinski definition) is 9. The highest BCUT2D eigenvalue weighted by Gasteiger charge is 2.26. The molecular formula is C23H27N5O4S3. The lowest BCUT2D eigenvalue weighted by Gasteiger charge is -2.08. The largest absolute Gasteiger partial charge is 0.462 e. The van der Waals surface area contributed by atoms with Gasteiger partial charge in [0, 0.05) is 22.4 Å². The van der Waals surface area contributed by atoms with E-state index in [2.05, 4.69) is 40.5 Å². The smallest absolute Gasteiger partial charge is 0.341 e. The number of hydrogen-bond donors (Lipinski definition) is 2. The number of amides is 2. The normalized spacial score (nSPS) is 10.8. The molecular weight excluding hydrogens is 506 g/mol. The molecule has 0 fully saturated rings. The number of thiophene rings is 2. The number of carbonyl (C=O) groups is 3. The molecule has 0 aliphatic heterocycles. The third kappa shape index (κ3) is 6.19. The third-order valence-electron chi connectivity index (χ3n) is 4.87. The lowest BCUT2D eigenvalue weighted by atomic mass is 10.1. The Morgan fingerprint density at radius 1 is 1.31 bits per heavy atom. The van der Waals surface area contributed by atoms with Crippen LogP contribution in [0, 0.1) is 6.92 Å². The zero-order valence-electron chi connectivity index (χ0n) is 19.8. The van der Waals surface area contributed by atoms with Crippen LogP contribution in [0.1, 0.15) is 50.7 Å². The van der Waals surface area contributed by atoms with Crippen LogP contribution in [0.25, 0.3) is 11.4 Å². The second kappa shape index (κ2) is 12.1. The molecule has 186 valence electrons. The molecule has 0 unspecified atom stereocenters. The Morgan fingerprint density at radius 2 is 2.09 bits per heavy atom. The van der Waals surface area contributed by atoms with E-state index in [9.17, 15) is 14.4 Å². The molecule has 0 aromatic carbocycles. The van der Waals surface area contributed by atoms with Crippen molar-refractivity contribution < 1.29 is 19.1 Å².